The molecule has 1 aromatic carbocycles. The topological polar surface area (TPSA) is 77.8 Å². The Hall–Kier alpha value is -1.26. The van der Waals surface area contributed by atoms with Crippen LogP contribution in [-0.4, -0.2) is 21.3 Å². The van der Waals surface area contributed by atoms with Crippen LogP contribution in [0.2, 0.25) is 5.02 Å². The summed E-state index contributed by atoms with van der Waals surface area (Å²) in [7, 11) is 0. The Bertz CT molecular complexity index is 351. The summed E-state index contributed by atoms with van der Waals surface area (Å²) in [5.74, 6) is -1.31. The van der Waals surface area contributed by atoms with Gasteiger partial charge in [-0.25, -0.2) is 0 Å². The molecule has 3 N–H and O–H groups in total. The maximum absolute atomic E-state index is 10.3. The maximum Gasteiger partial charge on any atom is 0.306 e. The molecular formula is C9H9ClO4. The van der Waals surface area contributed by atoms with Crippen LogP contribution in [0.15, 0.2) is 18.2 Å². The summed E-state index contributed by atoms with van der Waals surface area (Å²) >= 11 is 5.63. The molecule has 0 aliphatic heterocycles. The number of carboxylic acids is 1. The van der Waals surface area contributed by atoms with Gasteiger partial charge < -0.3 is 15.3 Å². The third-order valence-corrected chi connectivity index (χ3v) is 1.95. The Balaban J connectivity index is 2.93. The molecule has 0 amide bonds. The lowest BCUT2D eigenvalue weighted by Gasteiger charge is -2.10. The minimum absolute atomic E-state index is 0.125. The van der Waals surface area contributed by atoms with Crippen LogP contribution in [-0.2, 0) is 4.79 Å². The largest absolute Gasteiger partial charge is 0.508 e. The monoisotopic (exact) mass is 216 g/mol. The number of hydrogen-bond donors (Lipinski definition) is 3. The number of phenols is 1. The molecule has 0 saturated heterocycles. The van der Waals surface area contributed by atoms with Gasteiger partial charge in [0.1, 0.15) is 5.75 Å². The predicted octanol–water partition coefficient (Wildman–Crippen LogP) is 1.55. The number of aliphatic hydroxyl groups is 1. The number of halogens is 1. The van der Waals surface area contributed by atoms with Gasteiger partial charge in [-0.1, -0.05) is 11.6 Å². The molecule has 14 heavy (non-hydrogen) atoms. The molecule has 0 unspecified atom stereocenters. The minimum Gasteiger partial charge on any atom is -0.508 e. The summed E-state index contributed by atoms with van der Waals surface area (Å²) in [6.45, 7) is 0. The van der Waals surface area contributed by atoms with E-state index in [1.165, 1.54) is 18.2 Å². The summed E-state index contributed by atoms with van der Waals surface area (Å²) in [5.41, 5.74) is 0.125. The number of aliphatic hydroxyl groups excluding tert-OH is 1. The van der Waals surface area contributed by atoms with Gasteiger partial charge in [0.15, 0.2) is 0 Å². The second-order valence-electron chi connectivity index (χ2n) is 2.82. The van der Waals surface area contributed by atoms with E-state index < -0.39 is 18.5 Å². The summed E-state index contributed by atoms with van der Waals surface area (Å²) in [6, 6.07) is 4.10. The number of rotatable bonds is 3. The molecule has 0 aromatic heterocycles. The number of carbonyl (C=O) groups is 1. The van der Waals surface area contributed by atoms with E-state index in [-0.39, 0.29) is 11.3 Å². The van der Waals surface area contributed by atoms with Gasteiger partial charge in [0, 0.05) is 10.6 Å². The van der Waals surface area contributed by atoms with Crippen molar-refractivity contribution in [3.63, 3.8) is 0 Å². The standard InChI is InChI=1S/C9H9ClO4/c10-5-1-2-7(11)6(3-5)8(12)4-9(13)14/h1-3,8,11-12H,4H2,(H,13,14)/t8-/m1/s1. The van der Waals surface area contributed by atoms with E-state index >= 15 is 0 Å². The van der Waals surface area contributed by atoms with Crippen molar-refractivity contribution in [2.75, 3.05) is 0 Å². The average molecular weight is 217 g/mol. The molecule has 0 saturated carbocycles. The maximum atomic E-state index is 10.3. The molecule has 0 fully saturated rings. The van der Waals surface area contributed by atoms with Crippen molar-refractivity contribution in [1.29, 1.82) is 0 Å². The van der Waals surface area contributed by atoms with Crippen LogP contribution >= 0.6 is 11.6 Å². The SMILES string of the molecule is O=C(O)C[C@@H](O)c1cc(Cl)ccc1O. The molecule has 0 spiro atoms. The van der Waals surface area contributed by atoms with Gasteiger partial charge in [-0.3, -0.25) is 4.79 Å². The molecule has 0 heterocycles. The summed E-state index contributed by atoms with van der Waals surface area (Å²) in [4.78, 5) is 10.3. The highest BCUT2D eigenvalue weighted by Crippen LogP contribution is 2.28. The lowest BCUT2D eigenvalue weighted by atomic mass is 10.1. The number of aliphatic carboxylic acids is 1. The van der Waals surface area contributed by atoms with Gasteiger partial charge in [-0.05, 0) is 18.2 Å². The van der Waals surface area contributed by atoms with Crippen molar-refractivity contribution in [1.82, 2.24) is 0 Å². The zero-order valence-electron chi connectivity index (χ0n) is 7.14. The number of phenolic OH excluding ortho intramolecular Hbond substituents is 1. The highest BCUT2D eigenvalue weighted by atomic mass is 35.5. The van der Waals surface area contributed by atoms with Crippen molar-refractivity contribution in [3.8, 4) is 5.75 Å². The first kappa shape index (κ1) is 10.8. The van der Waals surface area contributed by atoms with Crippen molar-refractivity contribution in [2.45, 2.75) is 12.5 Å². The van der Waals surface area contributed by atoms with Crippen molar-refractivity contribution in [3.05, 3.63) is 28.8 Å². The number of hydrogen-bond acceptors (Lipinski definition) is 3. The highest BCUT2D eigenvalue weighted by Gasteiger charge is 2.15. The van der Waals surface area contributed by atoms with Crippen LogP contribution in [0.25, 0.3) is 0 Å². The molecule has 0 radical (unpaired) electrons. The molecule has 0 bridgehead atoms. The van der Waals surface area contributed by atoms with Gasteiger partial charge in [0.2, 0.25) is 0 Å². The smallest absolute Gasteiger partial charge is 0.306 e. The Kier molecular flexibility index (Phi) is 3.33. The molecular weight excluding hydrogens is 208 g/mol. The van der Waals surface area contributed by atoms with Crippen LogP contribution in [0.3, 0.4) is 0 Å². The average Bonchev–Trinajstić information content (AvgIpc) is 2.08. The Morgan fingerprint density at radius 3 is 2.71 bits per heavy atom. The quantitative estimate of drug-likeness (QED) is 0.717. The van der Waals surface area contributed by atoms with E-state index in [9.17, 15) is 15.0 Å². The molecule has 0 aliphatic rings. The summed E-state index contributed by atoms with van der Waals surface area (Å²) < 4.78 is 0. The predicted molar refractivity (Wildman–Crippen MR) is 50.3 cm³/mol. The molecule has 1 rings (SSSR count). The van der Waals surface area contributed by atoms with Crippen LogP contribution in [0.5, 0.6) is 5.75 Å². The van der Waals surface area contributed by atoms with Crippen molar-refractivity contribution < 1.29 is 20.1 Å². The molecule has 4 nitrogen and oxygen atoms in total. The van der Waals surface area contributed by atoms with E-state index in [1.54, 1.807) is 0 Å². The third-order valence-electron chi connectivity index (χ3n) is 1.72. The fraction of sp³-hybridized carbons (Fsp3) is 0.222. The molecule has 5 heteroatoms. The molecule has 0 aliphatic carbocycles. The first-order chi connectivity index (χ1) is 6.50. The van der Waals surface area contributed by atoms with E-state index in [0.29, 0.717) is 5.02 Å². The van der Waals surface area contributed by atoms with E-state index in [1.807, 2.05) is 0 Å². The van der Waals surface area contributed by atoms with Gasteiger partial charge >= 0.3 is 5.97 Å². The zero-order chi connectivity index (χ0) is 10.7. The van der Waals surface area contributed by atoms with Crippen LogP contribution < -0.4 is 0 Å². The van der Waals surface area contributed by atoms with Crippen molar-refractivity contribution in [2.24, 2.45) is 0 Å². The Labute approximate surface area is 85.4 Å². The fourth-order valence-electron chi connectivity index (χ4n) is 1.07. The first-order valence-electron chi connectivity index (χ1n) is 3.89. The second-order valence-corrected chi connectivity index (χ2v) is 3.25. The highest BCUT2D eigenvalue weighted by molar-refractivity contribution is 6.30. The van der Waals surface area contributed by atoms with Gasteiger partial charge in [-0.15, -0.1) is 0 Å². The lowest BCUT2D eigenvalue weighted by Crippen LogP contribution is -2.05. The Morgan fingerprint density at radius 1 is 1.50 bits per heavy atom. The van der Waals surface area contributed by atoms with Gasteiger partial charge in [-0.2, -0.15) is 0 Å². The summed E-state index contributed by atoms with van der Waals surface area (Å²) in [5, 5.41) is 27.5. The molecule has 1 aromatic rings. The third kappa shape index (κ3) is 2.61. The Morgan fingerprint density at radius 2 is 2.14 bits per heavy atom. The van der Waals surface area contributed by atoms with Crippen molar-refractivity contribution >= 4 is 17.6 Å². The zero-order valence-corrected chi connectivity index (χ0v) is 7.90. The van der Waals surface area contributed by atoms with Crippen LogP contribution in [0, 0.1) is 0 Å². The van der Waals surface area contributed by atoms with Crippen LogP contribution in [0.1, 0.15) is 18.1 Å². The van der Waals surface area contributed by atoms with Gasteiger partial charge in [0.05, 0.1) is 12.5 Å². The van der Waals surface area contributed by atoms with E-state index in [0.717, 1.165) is 0 Å². The number of carboxylic acid groups (broad SMARTS) is 1. The number of aromatic hydroxyl groups is 1. The fourth-order valence-corrected chi connectivity index (χ4v) is 1.25. The minimum atomic E-state index is -1.24. The number of benzene rings is 1. The van der Waals surface area contributed by atoms with Gasteiger partial charge in [0.25, 0.3) is 0 Å². The van der Waals surface area contributed by atoms with E-state index in [2.05, 4.69) is 0 Å². The molecule has 76 valence electrons. The second kappa shape index (κ2) is 4.30. The lowest BCUT2D eigenvalue weighted by molar-refractivity contribution is -0.139. The first-order valence-corrected chi connectivity index (χ1v) is 4.26. The normalized spacial score (nSPS) is 12.4. The summed E-state index contributed by atoms with van der Waals surface area (Å²) in [6.07, 6.45) is -1.71. The van der Waals surface area contributed by atoms with Crippen LogP contribution in [0.4, 0.5) is 0 Å². The molecule has 1 atom stereocenters. The van der Waals surface area contributed by atoms with E-state index in [4.69, 9.17) is 16.7 Å².